The average Bonchev–Trinajstić information content (AvgIpc) is 2.78. The van der Waals surface area contributed by atoms with E-state index in [-0.39, 0.29) is 16.8 Å². The Hall–Kier alpha value is -1.86. The van der Waals surface area contributed by atoms with Crippen molar-refractivity contribution in [1.82, 2.24) is 14.5 Å². The second-order valence-corrected chi connectivity index (χ2v) is 7.06. The minimum atomic E-state index is -3.63. The second-order valence-electron chi connectivity index (χ2n) is 5.38. The number of aryl methyl sites for hydroxylation is 2. The summed E-state index contributed by atoms with van der Waals surface area (Å²) in [6.07, 6.45) is 3.80. The van der Waals surface area contributed by atoms with Crippen LogP contribution in [0.3, 0.4) is 0 Å². The molecule has 3 N–H and O–H groups in total. The molecule has 1 aromatic carbocycles. The van der Waals surface area contributed by atoms with Crippen LogP contribution in [0.2, 0.25) is 0 Å². The second kappa shape index (κ2) is 5.16. The molecule has 0 saturated carbocycles. The van der Waals surface area contributed by atoms with Crippen LogP contribution in [0, 0.1) is 0 Å². The van der Waals surface area contributed by atoms with Crippen molar-refractivity contribution in [1.29, 1.82) is 0 Å². The Labute approximate surface area is 124 Å². The lowest BCUT2D eigenvalue weighted by atomic mass is 9.89. The maximum Gasteiger partial charge on any atom is 0.246 e. The molecule has 1 heterocycles. The maximum absolute atomic E-state index is 12.4. The number of benzene rings is 1. The summed E-state index contributed by atoms with van der Waals surface area (Å²) in [6, 6.07) is 8.03. The molecule has 0 aliphatic heterocycles. The normalized spacial score (nSPS) is 18.4. The van der Waals surface area contributed by atoms with Gasteiger partial charge in [-0.25, -0.2) is 13.1 Å². The van der Waals surface area contributed by atoms with Crippen LogP contribution in [0.4, 0.5) is 5.82 Å². The number of sulfonamides is 1. The molecule has 0 saturated heterocycles. The van der Waals surface area contributed by atoms with Crippen molar-refractivity contribution in [3.8, 4) is 0 Å². The van der Waals surface area contributed by atoms with Crippen LogP contribution in [-0.2, 0) is 29.9 Å². The predicted molar refractivity (Wildman–Crippen MR) is 80.2 cm³/mol. The molecule has 1 atom stereocenters. The quantitative estimate of drug-likeness (QED) is 0.879. The van der Waals surface area contributed by atoms with Gasteiger partial charge >= 0.3 is 0 Å². The number of hydrogen-bond donors (Lipinski definition) is 2. The molecular weight excluding hydrogens is 288 g/mol. The number of rotatable bonds is 3. The number of nitrogens with one attached hydrogen (secondary N) is 1. The van der Waals surface area contributed by atoms with Gasteiger partial charge in [0.15, 0.2) is 5.82 Å². The third-order valence-electron chi connectivity index (χ3n) is 3.78. The largest absolute Gasteiger partial charge is 0.381 e. The SMILES string of the molecule is Cn1cc(S(=O)(=O)NC2CCc3ccccc3C2)c(N)n1. The van der Waals surface area contributed by atoms with E-state index in [0.29, 0.717) is 6.42 Å². The molecular formula is C14H18N4O2S. The number of nitrogens with two attached hydrogens (primary N) is 1. The number of hydrogen-bond acceptors (Lipinski definition) is 4. The van der Waals surface area contributed by atoms with Crippen molar-refractivity contribution < 1.29 is 8.42 Å². The highest BCUT2D eigenvalue weighted by Crippen LogP contribution is 2.23. The summed E-state index contributed by atoms with van der Waals surface area (Å²) in [5, 5.41) is 3.88. The van der Waals surface area contributed by atoms with Gasteiger partial charge in [0.2, 0.25) is 10.0 Å². The summed E-state index contributed by atoms with van der Waals surface area (Å²) in [4.78, 5) is 0.0452. The van der Waals surface area contributed by atoms with E-state index >= 15 is 0 Å². The summed E-state index contributed by atoms with van der Waals surface area (Å²) >= 11 is 0. The maximum atomic E-state index is 12.4. The summed E-state index contributed by atoms with van der Waals surface area (Å²) in [5.41, 5.74) is 8.16. The Morgan fingerprint density at radius 2 is 2.05 bits per heavy atom. The van der Waals surface area contributed by atoms with E-state index in [1.54, 1.807) is 7.05 Å². The molecule has 0 bridgehead atoms. The highest BCUT2D eigenvalue weighted by molar-refractivity contribution is 7.89. The molecule has 112 valence electrons. The van der Waals surface area contributed by atoms with Crippen LogP contribution in [0.25, 0.3) is 0 Å². The zero-order valence-corrected chi connectivity index (χ0v) is 12.6. The molecule has 0 amide bonds. The Bertz CT molecular complexity index is 767. The van der Waals surface area contributed by atoms with Gasteiger partial charge in [-0.1, -0.05) is 24.3 Å². The molecule has 0 spiro atoms. The molecule has 0 fully saturated rings. The summed E-state index contributed by atoms with van der Waals surface area (Å²) in [5.74, 6) is 0.0289. The van der Waals surface area contributed by atoms with E-state index in [1.807, 2.05) is 18.2 Å². The number of nitrogens with zero attached hydrogens (tertiary/aromatic N) is 2. The number of aromatic nitrogens is 2. The van der Waals surface area contributed by atoms with Crippen LogP contribution in [-0.4, -0.2) is 24.2 Å². The van der Waals surface area contributed by atoms with E-state index in [9.17, 15) is 8.42 Å². The van der Waals surface area contributed by atoms with Gasteiger partial charge in [0.25, 0.3) is 0 Å². The summed E-state index contributed by atoms with van der Waals surface area (Å²) < 4.78 is 29.0. The van der Waals surface area contributed by atoms with Crippen molar-refractivity contribution >= 4 is 15.8 Å². The number of anilines is 1. The molecule has 21 heavy (non-hydrogen) atoms. The van der Waals surface area contributed by atoms with Crippen LogP contribution < -0.4 is 10.5 Å². The standard InChI is InChI=1S/C14H18N4O2S/c1-18-9-13(14(15)16-18)21(19,20)17-12-7-6-10-4-2-3-5-11(10)8-12/h2-5,9,12,17H,6-8H2,1H3,(H2,15,16). The van der Waals surface area contributed by atoms with E-state index in [4.69, 9.17) is 5.73 Å². The zero-order valence-electron chi connectivity index (χ0n) is 11.8. The lowest BCUT2D eigenvalue weighted by Gasteiger charge is -2.25. The number of nitrogen functional groups attached to an aromatic ring is 1. The van der Waals surface area contributed by atoms with E-state index in [1.165, 1.54) is 22.0 Å². The zero-order chi connectivity index (χ0) is 15.0. The fourth-order valence-electron chi connectivity index (χ4n) is 2.77. The van der Waals surface area contributed by atoms with Gasteiger partial charge in [0.1, 0.15) is 4.90 Å². The topological polar surface area (TPSA) is 90.0 Å². The first kappa shape index (κ1) is 14.1. The Morgan fingerprint density at radius 3 is 2.71 bits per heavy atom. The fraction of sp³-hybridized carbons (Fsp3) is 0.357. The van der Waals surface area contributed by atoms with Crippen molar-refractivity contribution in [2.45, 2.75) is 30.2 Å². The van der Waals surface area contributed by atoms with Gasteiger partial charge in [0.05, 0.1) is 0 Å². The third-order valence-corrected chi connectivity index (χ3v) is 5.32. The minimum Gasteiger partial charge on any atom is -0.381 e. The Balaban J connectivity index is 1.80. The highest BCUT2D eigenvalue weighted by Gasteiger charge is 2.26. The van der Waals surface area contributed by atoms with Crippen molar-refractivity contribution in [3.05, 3.63) is 41.6 Å². The van der Waals surface area contributed by atoms with Crippen LogP contribution in [0.1, 0.15) is 17.5 Å². The number of fused-ring (bicyclic) bond motifs is 1. The van der Waals surface area contributed by atoms with E-state index in [2.05, 4.69) is 15.9 Å². The Morgan fingerprint density at radius 1 is 1.33 bits per heavy atom. The third kappa shape index (κ3) is 2.79. The van der Waals surface area contributed by atoms with Crippen molar-refractivity contribution in [2.75, 3.05) is 5.73 Å². The van der Waals surface area contributed by atoms with Crippen LogP contribution in [0.5, 0.6) is 0 Å². The molecule has 1 unspecified atom stereocenters. The average molecular weight is 306 g/mol. The fourth-order valence-corrected chi connectivity index (χ4v) is 4.15. The summed E-state index contributed by atoms with van der Waals surface area (Å²) in [7, 11) is -1.99. The van der Waals surface area contributed by atoms with Gasteiger partial charge in [-0.3, -0.25) is 4.68 Å². The minimum absolute atomic E-state index is 0.0289. The first-order chi connectivity index (χ1) is 9.95. The van der Waals surface area contributed by atoms with Crippen molar-refractivity contribution in [2.24, 2.45) is 7.05 Å². The molecule has 0 radical (unpaired) electrons. The molecule has 2 aromatic rings. The van der Waals surface area contributed by atoms with E-state index in [0.717, 1.165) is 12.8 Å². The molecule has 1 aromatic heterocycles. The van der Waals surface area contributed by atoms with Gasteiger partial charge < -0.3 is 5.73 Å². The van der Waals surface area contributed by atoms with Crippen LogP contribution in [0.15, 0.2) is 35.4 Å². The molecule has 1 aliphatic carbocycles. The van der Waals surface area contributed by atoms with Crippen LogP contribution >= 0.6 is 0 Å². The molecule has 3 rings (SSSR count). The van der Waals surface area contributed by atoms with Gasteiger partial charge in [-0.2, -0.15) is 5.10 Å². The van der Waals surface area contributed by atoms with Crippen molar-refractivity contribution in [3.63, 3.8) is 0 Å². The molecule has 6 nitrogen and oxygen atoms in total. The Kier molecular flexibility index (Phi) is 3.46. The monoisotopic (exact) mass is 306 g/mol. The lowest BCUT2D eigenvalue weighted by molar-refractivity contribution is 0.508. The highest BCUT2D eigenvalue weighted by atomic mass is 32.2. The van der Waals surface area contributed by atoms with Gasteiger partial charge in [-0.05, 0) is 30.4 Å². The smallest absolute Gasteiger partial charge is 0.246 e. The molecule has 7 heteroatoms. The van der Waals surface area contributed by atoms with Gasteiger partial charge in [0, 0.05) is 19.3 Å². The summed E-state index contributed by atoms with van der Waals surface area (Å²) in [6.45, 7) is 0. The van der Waals surface area contributed by atoms with E-state index < -0.39 is 10.0 Å². The molecule has 1 aliphatic rings. The van der Waals surface area contributed by atoms with Gasteiger partial charge in [-0.15, -0.1) is 0 Å². The lowest BCUT2D eigenvalue weighted by Crippen LogP contribution is -2.38. The first-order valence-corrected chi connectivity index (χ1v) is 8.32. The predicted octanol–water partition coefficient (Wildman–Crippen LogP) is 0.838. The first-order valence-electron chi connectivity index (χ1n) is 6.84.